The highest BCUT2D eigenvalue weighted by atomic mass is 16.6. The number of nitro benzene ring substituents is 1. The zero-order valence-corrected chi connectivity index (χ0v) is 6.04. The quantitative estimate of drug-likeness (QED) is 0.312. The molecular formula is C6H6N4O2. The van der Waals surface area contributed by atoms with E-state index in [1.54, 1.807) is 6.07 Å². The van der Waals surface area contributed by atoms with Crippen LogP contribution in [-0.4, -0.2) is 4.92 Å². The van der Waals surface area contributed by atoms with Crippen molar-refractivity contribution in [2.24, 2.45) is 16.2 Å². The number of hydrogen-bond donors (Lipinski definition) is 1. The Hall–Kier alpha value is -1.98. The van der Waals surface area contributed by atoms with E-state index in [0.29, 0.717) is 5.69 Å². The van der Waals surface area contributed by atoms with E-state index in [1.807, 2.05) is 0 Å². The van der Waals surface area contributed by atoms with Gasteiger partial charge in [0.05, 0.1) is 10.6 Å². The zero-order valence-electron chi connectivity index (χ0n) is 6.04. The molecular weight excluding hydrogens is 160 g/mol. The van der Waals surface area contributed by atoms with Gasteiger partial charge in [-0.25, -0.2) is 0 Å². The molecule has 0 heterocycles. The van der Waals surface area contributed by atoms with Crippen LogP contribution in [0.4, 0.5) is 11.4 Å². The van der Waals surface area contributed by atoms with Crippen molar-refractivity contribution in [3.8, 4) is 0 Å². The monoisotopic (exact) mass is 166 g/mol. The van der Waals surface area contributed by atoms with Crippen molar-refractivity contribution in [1.82, 2.24) is 0 Å². The third-order valence-electron chi connectivity index (χ3n) is 1.21. The summed E-state index contributed by atoms with van der Waals surface area (Å²) in [6.45, 7) is 0. The van der Waals surface area contributed by atoms with Gasteiger partial charge in [0.15, 0.2) is 0 Å². The van der Waals surface area contributed by atoms with Gasteiger partial charge in [0.1, 0.15) is 0 Å². The van der Waals surface area contributed by atoms with Crippen LogP contribution in [0.2, 0.25) is 0 Å². The summed E-state index contributed by atoms with van der Waals surface area (Å²) in [6, 6.07) is 5.75. The van der Waals surface area contributed by atoms with Crippen LogP contribution in [0.3, 0.4) is 0 Å². The Bertz CT molecular complexity index is 323. The van der Waals surface area contributed by atoms with E-state index in [2.05, 4.69) is 10.3 Å². The number of nitrogens with two attached hydrogens (primary N) is 1. The molecule has 6 nitrogen and oxygen atoms in total. The van der Waals surface area contributed by atoms with Gasteiger partial charge in [-0.2, -0.15) is 0 Å². The van der Waals surface area contributed by atoms with Crippen molar-refractivity contribution in [3.63, 3.8) is 0 Å². The Morgan fingerprint density at radius 3 is 2.83 bits per heavy atom. The standard InChI is InChI=1S/C6H6N4O2/c7-9-8-5-2-1-3-6(4-5)10(11)12/h1-4H,(H2,7,8). The summed E-state index contributed by atoms with van der Waals surface area (Å²) in [5, 5.41) is 16.7. The molecule has 1 aromatic rings. The van der Waals surface area contributed by atoms with E-state index in [4.69, 9.17) is 5.84 Å². The van der Waals surface area contributed by atoms with Crippen LogP contribution in [0, 0.1) is 10.1 Å². The highest BCUT2D eigenvalue weighted by molar-refractivity contribution is 5.45. The molecule has 0 atom stereocenters. The molecule has 0 aliphatic heterocycles. The van der Waals surface area contributed by atoms with Crippen LogP contribution in [0.5, 0.6) is 0 Å². The fraction of sp³-hybridized carbons (Fsp3) is 0. The molecule has 0 aliphatic rings. The lowest BCUT2D eigenvalue weighted by atomic mass is 10.3. The SMILES string of the molecule is NN=Nc1cccc([N+](=O)[O-])c1. The molecule has 12 heavy (non-hydrogen) atoms. The first-order chi connectivity index (χ1) is 5.74. The van der Waals surface area contributed by atoms with E-state index in [0.717, 1.165) is 0 Å². The molecule has 0 aromatic heterocycles. The lowest BCUT2D eigenvalue weighted by Gasteiger charge is -1.91. The average molecular weight is 166 g/mol. The molecule has 0 bridgehead atoms. The van der Waals surface area contributed by atoms with E-state index in [1.165, 1.54) is 18.2 Å². The molecule has 0 spiro atoms. The highest BCUT2D eigenvalue weighted by Crippen LogP contribution is 2.19. The van der Waals surface area contributed by atoms with Gasteiger partial charge in [0, 0.05) is 12.1 Å². The van der Waals surface area contributed by atoms with Crippen molar-refractivity contribution in [1.29, 1.82) is 0 Å². The Morgan fingerprint density at radius 2 is 2.25 bits per heavy atom. The molecule has 1 rings (SSSR count). The second-order valence-electron chi connectivity index (χ2n) is 1.99. The number of nitrogens with zero attached hydrogens (tertiary/aromatic N) is 3. The highest BCUT2D eigenvalue weighted by Gasteiger charge is 2.04. The van der Waals surface area contributed by atoms with Crippen molar-refractivity contribution in [2.45, 2.75) is 0 Å². The fourth-order valence-electron chi connectivity index (χ4n) is 0.735. The zero-order chi connectivity index (χ0) is 8.97. The Morgan fingerprint density at radius 1 is 1.50 bits per heavy atom. The topological polar surface area (TPSA) is 93.9 Å². The predicted molar refractivity (Wildman–Crippen MR) is 41.8 cm³/mol. The smallest absolute Gasteiger partial charge is 0.271 e. The lowest BCUT2D eigenvalue weighted by Crippen LogP contribution is -1.86. The van der Waals surface area contributed by atoms with Crippen LogP contribution >= 0.6 is 0 Å². The van der Waals surface area contributed by atoms with E-state index >= 15 is 0 Å². The van der Waals surface area contributed by atoms with Gasteiger partial charge in [-0.05, 0) is 6.07 Å². The summed E-state index contributed by atoms with van der Waals surface area (Å²) in [5.74, 6) is 4.78. The fourth-order valence-corrected chi connectivity index (χ4v) is 0.735. The van der Waals surface area contributed by atoms with Gasteiger partial charge in [-0.15, -0.1) is 5.11 Å². The molecule has 0 amide bonds. The number of nitro groups is 1. The maximum Gasteiger partial charge on any atom is 0.271 e. The minimum absolute atomic E-state index is 0.0279. The minimum Gasteiger partial charge on any atom is -0.305 e. The van der Waals surface area contributed by atoms with Crippen LogP contribution in [0.1, 0.15) is 0 Å². The van der Waals surface area contributed by atoms with Gasteiger partial charge in [0.2, 0.25) is 0 Å². The molecule has 1 aromatic carbocycles. The summed E-state index contributed by atoms with van der Waals surface area (Å²) in [5.41, 5.74) is 0.339. The number of hydrogen-bond acceptors (Lipinski definition) is 4. The summed E-state index contributed by atoms with van der Waals surface area (Å²) in [4.78, 5) is 9.76. The Labute approximate surface area is 67.8 Å². The third kappa shape index (κ3) is 1.75. The summed E-state index contributed by atoms with van der Waals surface area (Å²) < 4.78 is 0. The minimum atomic E-state index is -0.504. The first-order valence-corrected chi connectivity index (χ1v) is 3.09. The first-order valence-electron chi connectivity index (χ1n) is 3.09. The molecule has 0 saturated carbocycles. The largest absolute Gasteiger partial charge is 0.305 e. The van der Waals surface area contributed by atoms with Crippen molar-refractivity contribution < 1.29 is 4.92 Å². The lowest BCUT2D eigenvalue weighted by molar-refractivity contribution is -0.384. The van der Waals surface area contributed by atoms with Gasteiger partial charge < -0.3 is 5.84 Å². The summed E-state index contributed by atoms with van der Waals surface area (Å²) >= 11 is 0. The van der Waals surface area contributed by atoms with Gasteiger partial charge >= 0.3 is 0 Å². The number of benzene rings is 1. The van der Waals surface area contributed by atoms with E-state index in [9.17, 15) is 10.1 Å². The average Bonchev–Trinajstić information content (AvgIpc) is 2.05. The second kappa shape index (κ2) is 3.42. The molecule has 6 heteroatoms. The van der Waals surface area contributed by atoms with Crippen LogP contribution in [-0.2, 0) is 0 Å². The van der Waals surface area contributed by atoms with Crippen molar-refractivity contribution in [2.75, 3.05) is 0 Å². The predicted octanol–water partition coefficient (Wildman–Crippen LogP) is 1.55. The maximum absolute atomic E-state index is 10.3. The molecule has 0 aliphatic carbocycles. The molecule has 62 valence electrons. The number of rotatable bonds is 2. The van der Waals surface area contributed by atoms with Crippen LogP contribution < -0.4 is 5.84 Å². The molecule has 0 radical (unpaired) electrons. The van der Waals surface area contributed by atoms with E-state index < -0.39 is 4.92 Å². The molecule has 0 fully saturated rings. The van der Waals surface area contributed by atoms with E-state index in [-0.39, 0.29) is 5.69 Å². The van der Waals surface area contributed by atoms with Gasteiger partial charge in [0.25, 0.3) is 5.69 Å². The third-order valence-corrected chi connectivity index (χ3v) is 1.21. The van der Waals surface area contributed by atoms with Gasteiger partial charge in [-0.1, -0.05) is 11.3 Å². The van der Waals surface area contributed by atoms with Crippen molar-refractivity contribution >= 4 is 11.4 Å². The molecule has 0 saturated heterocycles. The molecule has 0 unspecified atom stereocenters. The summed E-state index contributed by atoms with van der Waals surface area (Å²) in [7, 11) is 0. The van der Waals surface area contributed by atoms with Gasteiger partial charge in [-0.3, -0.25) is 10.1 Å². The van der Waals surface area contributed by atoms with Crippen LogP contribution in [0.15, 0.2) is 34.6 Å². The summed E-state index contributed by atoms with van der Waals surface area (Å²) in [6.07, 6.45) is 0. The first kappa shape index (κ1) is 8.12. The Kier molecular flexibility index (Phi) is 2.32. The second-order valence-corrected chi connectivity index (χ2v) is 1.99. The Balaban J connectivity index is 3.03. The molecule has 2 N–H and O–H groups in total. The maximum atomic E-state index is 10.3. The van der Waals surface area contributed by atoms with Crippen LogP contribution in [0.25, 0.3) is 0 Å². The number of non-ortho nitro benzene ring substituents is 1. The van der Waals surface area contributed by atoms with Crippen molar-refractivity contribution in [3.05, 3.63) is 34.4 Å². The normalized spacial score (nSPS) is 10.3.